The number of benzene rings is 1. The molecule has 1 amide bonds. The molecule has 1 fully saturated rings. The van der Waals surface area contributed by atoms with Crippen molar-refractivity contribution < 1.29 is 4.79 Å². The molecule has 2 heterocycles. The van der Waals surface area contributed by atoms with Crippen molar-refractivity contribution in [2.75, 3.05) is 37.6 Å². The largest absolute Gasteiger partial charge is 0.370 e. The van der Waals surface area contributed by atoms with Crippen LogP contribution in [-0.2, 0) is 4.79 Å². The smallest absolute Gasteiger partial charge is 0.219 e. The van der Waals surface area contributed by atoms with E-state index in [9.17, 15) is 4.79 Å². The molecule has 3 rings (SSSR count). The summed E-state index contributed by atoms with van der Waals surface area (Å²) < 4.78 is 0. The summed E-state index contributed by atoms with van der Waals surface area (Å²) in [5, 5.41) is 2.33. The summed E-state index contributed by atoms with van der Waals surface area (Å²) >= 11 is 0. The van der Waals surface area contributed by atoms with Crippen LogP contribution < -0.4 is 16.4 Å². The van der Waals surface area contributed by atoms with Gasteiger partial charge in [0, 0.05) is 43.7 Å². The Morgan fingerprint density at radius 3 is 2.88 bits per heavy atom. The number of hydrogen-bond donors (Lipinski definition) is 2. The van der Waals surface area contributed by atoms with E-state index in [1.807, 2.05) is 24.4 Å². The van der Waals surface area contributed by atoms with E-state index in [1.165, 1.54) is 5.39 Å². The lowest BCUT2D eigenvalue weighted by atomic mass is 10.1. The summed E-state index contributed by atoms with van der Waals surface area (Å²) in [6.45, 7) is 4.11. The molecule has 2 aromatic rings. The molecule has 1 aliphatic heterocycles. The summed E-state index contributed by atoms with van der Waals surface area (Å²) in [5.74, 6) is 0.728. The molecule has 0 spiro atoms. The molecule has 1 saturated heterocycles. The summed E-state index contributed by atoms with van der Waals surface area (Å²) in [5.41, 5.74) is 11.1. The highest BCUT2D eigenvalue weighted by molar-refractivity contribution is 5.92. The van der Waals surface area contributed by atoms with Crippen LogP contribution in [0.25, 0.3) is 10.8 Å². The standard InChI is InChI=1S/C18H25N5O/c19-7-3-9-22-10-11-23(13-15(22)12-17(20)24)18-16-5-2-1-4-14(16)6-8-21-18/h1-2,4-6,8,15H,3,7,9-13,19H2,(H2,20,24). The summed E-state index contributed by atoms with van der Waals surface area (Å²) in [7, 11) is 0. The molecular weight excluding hydrogens is 302 g/mol. The zero-order valence-corrected chi connectivity index (χ0v) is 13.9. The van der Waals surface area contributed by atoms with Gasteiger partial charge >= 0.3 is 0 Å². The fraction of sp³-hybridized carbons (Fsp3) is 0.444. The van der Waals surface area contributed by atoms with Gasteiger partial charge in [-0.05, 0) is 31.0 Å². The number of hydrogen-bond acceptors (Lipinski definition) is 5. The van der Waals surface area contributed by atoms with Crippen molar-refractivity contribution in [1.29, 1.82) is 0 Å². The van der Waals surface area contributed by atoms with Crippen molar-refractivity contribution in [3.63, 3.8) is 0 Å². The van der Waals surface area contributed by atoms with E-state index in [2.05, 4.69) is 26.9 Å². The minimum Gasteiger partial charge on any atom is -0.370 e. The third-order valence-corrected chi connectivity index (χ3v) is 4.64. The van der Waals surface area contributed by atoms with Gasteiger partial charge in [-0.25, -0.2) is 4.98 Å². The molecule has 6 heteroatoms. The lowest BCUT2D eigenvalue weighted by molar-refractivity contribution is -0.119. The zero-order valence-electron chi connectivity index (χ0n) is 13.9. The highest BCUT2D eigenvalue weighted by Crippen LogP contribution is 2.26. The normalized spacial score (nSPS) is 18.9. The Morgan fingerprint density at radius 2 is 2.08 bits per heavy atom. The first-order chi connectivity index (χ1) is 11.7. The van der Waals surface area contributed by atoms with Crippen molar-refractivity contribution in [2.24, 2.45) is 11.5 Å². The van der Waals surface area contributed by atoms with E-state index < -0.39 is 0 Å². The maximum Gasteiger partial charge on any atom is 0.219 e. The minimum absolute atomic E-state index is 0.114. The van der Waals surface area contributed by atoms with Crippen LogP contribution in [0, 0.1) is 0 Å². The van der Waals surface area contributed by atoms with Crippen LogP contribution in [0.15, 0.2) is 36.5 Å². The lowest BCUT2D eigenvalue weighted by Crippen LogP contribution is -2.55. The SMILES string of the molecule is NCCCN1CCN(c2nccc3ccccc23)CC1CC(N)=O. The molecule has 1 aliphatic rings. The average Bonchev–Trinajstić information content (AvgIpc) is 2.59. The molecular formula is C18H25N5O. The molecule has 6 nitrogen and oxygen atoms in total. The predicted molar refractivity (Wildman–Crippen MR) is 96.8 cm³/mol. The Labute approximate surface area is 142 Å². The van der Waals surface area contributed by atoms with E-state index in [-0.39, 0.29) is 11.9 Å². The summed E-state index contributed by atoms with van der Waals surface area (Å²) in [6.07, 6.45) is 3.15. The van der Waals surface area contributed by atoms with Crippen LogP contribution in [0.3, 0.4) is 0 Å². The molecule has 1 unspecified atom stereocenters. The minimum atomic E-state index is -0.259. The number of anilines is 1. The van der Waals surface area contributed by atoms with Crippen LogP contribution >= 0.6 is 0 Å². The Bertz CT molecular complexity index is 699. The van der Waals surface area contributed by atoms with Gasteiger partial charge in [0.15, 0.2) is 0 Å². The first kappa shape index (κ1) is 16.7. The number of piperazine rings is 1. The van der Waals surface area contributed by atoms with E-state index in [4.69, 9.17) is 11.5 Å². The fourth-order valence-electron chi connectivity index (χ4n) is 3.46. The Kier molecular flexibility index (Phi) is 5.27. The third-order valence-electron chi connectivity index (χ3n) is 4.64. The molecule has 1 aromatic carbocycles. The lowest BCUT2D eigenvalue weighted by Gasteiger charge is -2.42. The number of amides is 1. The van der Waals surface area contributed by atoms with Gasteiger partial charge in [0.2, 0.25) is 5.91 Å². The molecule has 0 bridgehead atoms. The van der Waals surface area contributed by atoms with E-state index >= 15 is 0 Å². The van der Waals surface area contributed by atoms with Crippen LogP contribution in [0.1, 0.15) is 12.8 Å². The zero-order chi connectivity index (χ0) is 16.9. The number of nitrogens with zero attached hydrogens (tertiary/aromatic N) is 3. The van der Waals surface area contributed by atoms with Gasteiger partial charge in [-0.15, -0.1) is 0 Å². The number of carbonyl (C=O) groups is 1. The van der Waals surface area contributed by atoms with Gasteiger partial charge < -0.3 is 16.4 Å². The van der Waals surface area contributed by atoms with Gasteiger partial charge in [-0.3, -0.25) is 9.69 Å². The molecule has 0 aliphatic carbocycles. The number of aromatic nitrogens is 1. The maximum atomic E-state index is 11.5. The Balaban J connectivity index is 1.83. The molecule has 4 N–H and O–H groups in total. The molecule has 0 radical (unpaired) electrons. The quantitative estimate of drug-likeness (QED) is 0.825. The van der Waals surface area contributed by atoms with Crippen molar-refractivity contribution in [1.82, 2.24) is 9.88 Å². The molecule has 24 heavy (non-hydrogen) atoms. The number of carbonyl (C=O) groups excluding carboxylic acids is 1. The van der Waals surface area contributed by atoms with E-state index in [1.54, 1.807) is 0 Å². The summed E-state index contributed by atoms with van der Waals surface area (Å²) in [6, 6.07) is 10.4. The van der Waals surface area contributed by atoms with Crippen LogP contribution in [-0.4, -0.2) is 54.6 Å². The number of fused-ring (bicyclic) bond motifs is 1. The molecule has 1 aromatic heterocycles. The molecule has 0 saturated carbocycles. The van der Waals surface area contributed by atoms with Crippen molar-refractivity contribution in [3.05, 3.63) is 36.5 Å². The van der Waals surface area contributed by atoms with Gasteiger partial charge in [0.1, 0.15) is 5.82 Å². The van der Waals surface area contributed by atoms with Crippen molar-refractivity contribution >= 4 is 22.5 Å². The molecule has 128 valence electrons. The predicted octanol–water partition coefficient (Wildman–Crippen LogP) is 0.950. The van der Waals surface area contributed by atoms with Crippen LogP contribution in [0.4, 0.5) is 5.82 Å². The van der Waals surface area contributed by atoms with Gasteiger partial charge in [0.05, 0.1) is 0 Å². The van der Waals surface area contributed by atoms with E-state index in [0.29, 0.717) is 13.0 Å². The second kappa shape index (κ2) is 7.59. The van der Waals surface area contributed by atoms with Crippen LogP contribution in [0.5, 0.6) is 0 Å². The highest BCUT2D eigenvalue weighted by atomic mass is 16.1. The Morgan fingerprint density at radius 1 is 1.25 bits per heavy atom. The third kappa shape index (κ3) is 3.66. The topological polar surface area (TPSA) is 88.5 Å². The van der Waals surface area contributed by atoms with Gasteiger partial charge in [-0.1, -0.05) is 24.3 Å². The van der Waals surface area contributed by atoms with E-state index in [0.717, 1.165) is 43.8 Å². The Hall–Kier alpha value is -2.18. The van der Waals surface area contributed by atoms with Crippen molar-refractivity contribution in [3.8, 4) is 0 Å². The average molecular weight is 327 g/mol. The first-order valence-electron chi connectivity index (χ1n) is 8.50. The summed E-state index contributed by atoms with van der Waals surface area (Å²) in [4.78, 5) is 20.7. The van der Waals surface area contributed by atoms with Gasteiger partial charge in [0.25, 0.3) is 0 Å². The second-order valence-corrected chi connectivity index (χ2v) is 6.30. The van der Waals surface area contributed by atoms with Crippen LogP contribution in [0.2, 0.25) is 0 Å². The fourth-order valence-corrected chi connectivity index (χ4v) is 3.46. The molecule has 1 atom stereocenters. The monoisotopic (exact) mass is 327 g/mol. The number of pyridine rings is 1. The van der Waals surface area contributed by atoms with Crippen molar-refractivity contribution in [2.45, 2.75) is 18.9 Å². The maximum absolute atomic E-state index is 11.5. The number of nitrogens with two attached hydrogens (primary N) is 2. The second-order valence-electron chi connectivity index (χ2n) is 6.30. The number of primary amides is 1. The van der Waals surface area contributed by atoms with Gasteiger partial charge in [-0.2, -0.15) is 0 Å². The highest BCUT2D eigenvalue weighted by Gasteiger charge is 2.29. The first-order valence-corrected chi connectivity index (χ1v) is 8.50. The number of rotatable bonds is 6.